The molecule has 2 aromatic carbocycles. The Morgan fingerprint density at radius 3 is 2.53 bits per heavy atom. The van der Waals surface area contributed by atoms with Crippen molar-refractivity contribution in [2.75, 3.05) is 7.11 Å². The van der Waals surface area contributed by atoms with Crippen LogP contribution >= 0.6 is 11.6 Å². The molecule has 36 heavy (non-hydrogen) atoms. The largest absolute Gasteiger partial charge is 0.370 e. The zero-order valence-corrected chi connectivity index (χ0v) is 22.2. The minimum absolute atomic E-state index is 0.0475. The first kappa shape index (κ1) is 26.2. The first-order chi connectivity index (χ1) is 17.1. The summed E-state index contributed by atoms with van der Waals surface area (Å²) in [5.74, 6) is 0.846. The minimum Gasteiger partial charge on any atom is -0.370 e. The smallest absolute Gasteiger partial charge is 0.348 e. The van der Waals surface area contributed by atoms with Crippen molar-refractivity contribution in [3.8, 4) is 22.8 Å². The number of aryl methyl sites for hydroxylation is 1. The fourth-order valence-corrected chi connectivity index (χ4v) is 5.09. The number of aromatic nitrogens is 3. The van der Waals surface area contributed by atoms with Gasteiger partial charge in [0.25, 0.3) is 0 Å². The number of methoxy groups -OCH3 is 1. The number of benzene rings is 2. The number of carbonyl (C=O) groups excluding carboxylic acids is 1. The van der Waals surface area contributed by atoms with Crippen molar-refractivity contribution in [2.45, 2.75) is 76.7 Å². The molecule has 0 radical (unpaired) electrons. The second-order valence-electron chi connectivity index (χ2n) is 10.7. The average molecular weight is 508 g/mol. The summed E-state index contributed by atoms with van der Waals surface area (Å²) in [4.78, 5) is 37.0. The van der Waals surface area contributed by atoms with E-state index in [9.17, 15) is 9.59 Å². The summed E-state index contributed by atoms with van der Waals surface area (Å²) in [5, 5.41) is 0.467. The Bertz CT molecular complexity index is 1300. The van der Waals surface area contributed by atoms with Gasteiger partial charge in [0.15, 0.2) is 11.6 Å². The third-order valence-corrected chi connectivity index (χ3v) is 7.45. The summed E-state index contributed by atoms with van der Waals surface area (Å²) in [5.41, 5.74) is 2.25. The molecule has 7 heteroatoms. The number of nitrogens with zero attached hydrogens (tertiary/aromatic N) is 2. The summed E-state index contributed by atoms with van der Waals surface area (Å²) in [6.07, 6.45) is 5.72. The molecular formula is C29H34ClN3O3. The number of Topliss-reactive ketones (excluding diaryl/α,β-unsaturated/α-hetero) is 1. The highest BCUT2D eigenvalue weighted by atomic mass is 35.5. The number of H-pyrrole nitrogens is 1. The van der Waals surface area contributed by atoms with Gasteiger partial charge in [-0.25, -0.2) is 9.78 Å². The highest BCUT2D eigenvalue weighted by Crippen LogP contribution is 2.34. The lowest BCUT2D eigenvalue weighted by atomic mass is 9.80. The molecule has 0 bridgehead atoms. The lowest BCUT2D eigenvalue weighted by Gasteiger charge is -2.34. The second kappa shape index (κ2) is 10.7. The maximum atomic E-state index is 13.1. The number of ketones is 1. The Hall–Kier alpha value is -2.83. The topological polar surface area (TPSA) is 84.9 Å². The molecule has 1 heterocycles. The highest BCUT2D eigenvalue weighted by molar-refractivity contribution is 6.33. The number of ether oxygens (including phenoxy) is 1. The van der Waals surface area contributed by atoms with Gasteiger partial charge in [-0.1, -0.05) is 75.9 Å². The van der Waals surface area contributed by atoms with E-state index in [0.717, 1.165) is 48.8 Å². The zero-order valence-electron chi connectivity index (χ0n) is 21.5. The maximum Gasteiger partial charge on any atom is 0.348 e. The van der Waals surface area contributed by atoms with Gasteiger partial charge in [0, 0.05) is 24.7 Å². The number of aromatic amines is 1. The van der Waals surface area contributed by atoms with Gasteiger partial charge >= 0.3 is 5.69 Å². The zero-order chi connectivity index (χ0) is 25.9. The first-order valence-electron chi connectivity index (χ1n) is 12.6. The van der Waals surface area contributed by atoms with E-state index in [1.807, 2.05) is 30.3 Å². The van der Waals surface area contributed by atoms with Gasteiger partial charge in [-0.3, -0.25) is 9.78 Å². The normalized spacial score (nSPS) is 15.6. The summed E-state index contributed by atoms with van der Waals surface area (Å²) in [7, 11) is 1.64. The molecule has 0 amide bonds. The van der Waals surface area contributed by atoms with Gasteiger partial charge in [0.1, 0.15) is 11.4 Å². The van der Waals surface area contributed by atoms with Crippen molar-refractivity contribution in [2.24, 2.45) is 0 Å². The third-order valence-electron chi connectivity index (χ3n) is 7.12. The molecular weight excluding hydrogens is 474 g/mol. The van der Waals surface area contributed by atoms with Gasteiger partial charge in [-0.2, -0.15) is 4.98 Å². The molecule has 4 rings (SSSR count). The Balaban J connectivity index is 1.61. The molecule has 0 saturated heterocycles. The molecule has 1 fully saturated rings. The Morgan fingerprint density at radius 2 is 1.83 bits per heavy atom. The molecule has 0 atom stereocenters. The Morgan fingerprint density at radius 1 is 1.08 bits per heavy atom. The van der Waals surface area contributed by atoms with Crippen LogP contribution in [0.15, 0.2) is 47.3 Å². The summed E-state index contributed by atoms with van der Waals surface area (Å²) in [6, 6.07) is 13.5. The highest BCUT2D eigenvalue weighted by Gasteiger charge is 2.38. The SMILES string of the molecule is COC1(C(=O)CCc2ccc(Cl)c(-c3nc(-c4cccc(C(C)(C)C)c4)nc(=O)[nH]3)c2)CCCCC1. The number of carbonyl (C=O) groups is 1. The van der Waals surface area contributed by atoms with E-state index in [0.29, 0.717) is 35.1 Å². The Labute approximate surface area is 217 Å². The van der Waals surface area contributed by atoms with E-state index in [1.54, 1.807) is 13.2 Å². The number of hydrogen-bond acceptors (Lipinski definition) is 5. The van der Waals surface area contributed by atoms with Crippen LogP contribution in [-0.4, -0.2) is 33.4 Å². The predicted molar refractivity (Wildman–Crippen MR) is 143 cm³/mol. The fraction of sp³-hybridized carbons (Fsp3) is 0.448. The Kier molecular flexibility index (Phi) is 7.76. The number of nitrogens with one attached hydrogen (secondary N) is 1. The van der Waals surface area contributed by atoms with E-state index in [-0.39, 0.29) is 11.2 Å². The van der Waals surface area contributed by atoms with Crippen LogP contribution in [0.4, 0.5) is 0 Å². The van der Waals surface area contributed by atoms with E-state index in [1.165, 1.54) is 0 Å². The van der Waals surface area contributed by atoms with Gasteiger partial charge < -0.3 is 4.74 Å². The van der Waals surface area contributed by atoms with Crippen LogP contribution in [0.2, 0.25) is 5.02 Å². The van der Waals surface area contributed by atoms with E-state index < -0.39 is 11.3 Å². The number of halogens is 1. The molecule has 3 aromatic rings. The standard InChI is InChI=1S/C29H34ClN3O3/c1-28(2,3)21-10-8-9-20(18-21)25-31-26(33-27(35)32-25)22-17-19(11-13-23(22)30)12-14-24(34)29(36-4)15-6-5-7-16-29/h8-11,13,17-18H,5-7,12,14-16H2,1-4H3,(H,31,32,33,35). The van der Waals surface area contributed by atoms with Crippen LogP contribution in [0, 0.1) is 0 Å². The predicted octanol–water partition coefficient (Wildman–Crippen LogP) is 6.30. The van der Waals surface area contributed by atoms with Crippen molar-refractivity contribution < 1.29 is 9.53 Å². The van der Waals surface area contributed by atoms with Crippen LogP contribution in [0.3, 0.4) is 0 Å². The first-order valence-corrected chi connectivity index (χ1v) is 13.0. The van der Waals surface area contributed by atoms with Crippen LogP contribution in [0.25, 0.3) is 22.8 Å². The summed E-state index contributed by atoms with van der Waals surface area (Å²) < 4.78 is 5.71. The lowest BCUT2D eigenvalue weighted by molar-refractivity contribution is -0.145. The van der Waals surface area contributed by atoms with Gasteiger partial charge in [-0.05, 0) is 54.0 Å². The van der Waals surface area contributed by atoms with E-state index >= 15 is 0 Å². The molecule has 1 aromatic heterocycles. The second-order valence-corrected chi connectivity index (χ2v) is 11.1. The molecule has 6 nitrogen and oxygen atoms in total. The van der Waals surface area contributed by atoms with E-state index in [2.05, 4.69) is 41.8 Å². The molecule has 0 unspecified atom stereocenters. The lowest BCUT2D eigenvalue weighted by Crippen LogP contribution is -2.42. The summed E-state index contributed by atoms with van der Waals surface area (Å²) >= 11 is 6.53. The van der Waals surface area contributed by atoms with E-state index in [4.69, 9.17) is 16.3 Å². The number of rotatable bonds is 7. The molecule has 190 valence electrons. The van der Waals surface area contributed by atoms with Crippen LogP contribution in [0.5, 0.6) is 0 Å². The molecule has 1 N–H and O–H groups in total. The summed E-state index contributed by atoms with van der Waals surface area (Å²) in [6.45, 7) is 6.40. The van der Waals surface area contributed by atoms with Crippen LogP contribution in [0.1, 0.15) is 70.4 Å². The van der Waals surface area contributed by atoms with Crippen molar-refractivity contribution in [3.63, 3.8) is 0 Å². The molecule has 0 aliphatic heterocycles. The van der Waals surface area contributed by atoms with Crippen molar-refractivity contribution in [3.05, 3.63) is 69.1 Å². The minimum atomic E-state index is -0.651. The number of hydrogen-bond donors (Lipinski definition) is 1. The molecule has 1 saturated carbocycles. The third kappa shape index (κ3) is 5.76. The van der Waals surface area contributed by atoms with Crippen LogP contribution in [-0.2, 0) is 21.4 Å². The van der Waals surface area contributed by atoms with Gasteiger partial charge in [-0.15, -0.1) is 0 Å². The maximum absolute atomic E-state index is 13.1. The van der Waals surface area contributed by atoms with Gasteiger partial charge in [0.2, 0.25) is 0 Å². The molecule has 1 aliphatic rings. The van der Waals surface area contributed by atoms with Crippen molar-refractivity contribution in [1.82, 2.24) is 15.0 Å². The quantitative estimate of drug-likeness (QED) is 0.405. The molecule has 1 aliphatic carbocycles. The van der Waals surface area contributed by atoms with Crippen molar-refractivity contribution in [1.29, 1.82) is 0 Å². The van der Waals surface area contributed by atoms with Gasteiger partial charge in [0.05, 0.1) is 5.02 Å². The van der Waals surface area contributed by atoms with Crippen LogP contribution < -0.4 is 5.69 Å². The monoisotopic (exact) mass is 507 g/mol. The fourth-order valence-electron chi connectivity index (χ4n) is 4.88. The van der Waals surface area contributed by atoms with Crippen molar-refractivity contribution >= 4 is 17.4 Å². The molecule has 0 spiro atoms. The average Bonchev–Trinajstić information content (AvgIpc) is 2.87.